The molecule has 140 valence electrons. The Labute approximate surface area is 163 Å². The van der Waals surface area contributed by atoms with Gasteiger partial charge in [0.2, 0.25) is 5.88 Å². The van der Waals surface area contributed by atoms with Gasteiger partial charge in [-0.2, -0.15) is 5.26 Å². The second-order valence-electron chi connectivity index (χ2n) is 6.69. The summed E-state index contributed by atoms with van der Waals surface area (Å²) in [6.07, 6.45) is 6.66. The van der Waals surface area contributed by atoms with Gasteiger partial charge >= 0.3 is 0 Å². The van der Waals surface area contributed by atoms with Crippen LogP contribution in [0.15, 0.2) is 55.1 Å². The summed E-state index contributed by atoms with van der Waals surface area (Å²) in [6.45, 7) is 2.28. The SMILES string of the molecule is N#Cc1nccnc1N1CCC(COc2cc(-c3ccccc3)ncn2)CC1. The maximum Gasteiger partial charge on any atom is 0.216 e. The van der Waals surface area contributed by atoms with Crippen molar-refractivity contribution in [2.24, 2.45) is 5.92 Å². The first-order valence-corrected chi connectivity index (χ1v) is 9.30. The van der Waals surface area contributed by atoms with Crippen LogP contribution in [0, 0.1) is 17.2 Å². The van der Waals surface area contributed by atoms with Gasteiger partial charge in [-0.1, -0.05) is 30.3 Å². The van der Waals surface area contributed by atoms with Crippen LogP contribution >= 0.6 is 0 Å². The highest BCUT2D eigenvalue weighted by molar-refractivity contribution is 5.59. The molecule has 0 spiro atoms. The Bertz CT molecular complexity index is 964. The number of piperidine rings is 1. The molecule has 1 saturated heterocycles. The standard InChI is InChI=1S/C21H20N6O/c22-13-19-21(24-9-8-23-19)27-10-6-16(7-11-27)14-28-20-12-18(25-15-26-20)17-4-2-1-3-5-17/h1-5,8-9,12,15-16H,6-7,10-11,14H2. The fourth-order valence-electron chi connectivity index (χ4n) is 3.34. The smallest absolute Gasteiger partial charge is 0.216 e. The third kappa shape index (κ3) is 4.07. The van der Waals surface area contributed by atoms with Gasteiger partial charge in [0.15, 0.2) is 11.5 Å². The summed E-state index contributed by atoms with van der Waals surface area (Å²) >= 11 is 0. The zero-order chi connectivity index (χ0) is 19.2. The van der Waals surface area contributed by atoms with Crippen molar-refractivity contribution in [2.75, 3.05) is 24.6 Å². The van der Waals surface area contributed by atoms with Gasteiger partial charge in [-0.05, 0) is 18.8 Å². The maximum absolute atomic E-state index is 9.20. The van der Waals surface area contributed by atoms with E-state index in [-0.39, 0.29) is 0 Å². The predicted molar refractivity (Wildman–Crippen MR) is 105 cm³/mol. The summed E-state index contributed by atoms with van der Waals surface area (Å²) in [6, 6.07) is 14.0. The number of rotatable bonds is 5. The molecule has 28 heavy (non-hydrogen) atoms. The molecule has 0 N–H and O–H groups in total. The number of benzene rings is 1. The topological polar surface area (TPSA) is 87.8 Å². The van der Waals surface area contributed by atoms with Crippen molar-refractivity contribution in [3.05, 3.63) is 60.8 Å². The summed E-state index contributed by atoms with van der Waals surface area (Å²) in [5.41, 5.74) is 2.28. The van der Waals surface area contributed by atoms with E-state index in [1.807, 2.05) is 36.4 Å². The lowest BCUT2D eigenvalue weighted by Gasteiger charge is -2.32. The lowest BCUT2D eigenvalue weighted by atomic mass is 9.98. The van der Waals surface area contributed by atoms with E-state index in [0.717, 1.165) is 37.2 Å². The van der Waals surface area contributed by atoms with Crippen molar-refractivity contribution in [3.63, 3.8) is 0 Å². The molecule has 4 rings (SSSR count). The fraction of sp³-hybridized carbons (Fsp3) is 0.286. The number of nitriles is 1. The van der Waals surface area contributed by atoms with E-state index in [4.69, 9.17) is 4.74 Å². The summed E-state index contributed by atoms with van der Waals surface area (Å²) < 4.78 is 5.94. The minimum atomic E-state index is 0.381. The van der Waals surface area contributed by atoms with Gasteiger partial charge in [0.05, 0.1) is 12.3 Å². The first-order valence-electron chi connectivity index (χ1n) is 9.30. The van der Waals surface area contributed by atoms with Crippen molar-refractivity contribution in [1.82, 2.24) is 19.9 Å². The fourth-order valence-corrected chi connectivity index (χ4v) is 3.34. The minimum absolute atomic E-state index is 0.381. The molecule has 7 nitrogen and oxygen atoms in total. The molecule has 1 fully saturated rings. The molecule has 1 aliphatic rings. The molecule has 2 aromatic heterocycles. The lowest BCUT2D eigenvalue weighted by Crippen LogP contribution is -2.36. The maximum atomic E-state index is 9.20. The molecular weight excluding hydrogens is 352 g/mol. The Kier molecular flexibility index (Phi) is 5.38. The normalized spacial score (nSPS) is 14.5. The largest absolute Gasteiger partial charge is 0.477 e. The van der Waals surface area contributed by atoms with Crippen molar-refractivity contribution >= 4 is 5.82 Å². The van der Waals surface area contributed by atoms with Crippen LogP contribution in [0.5, 0.6) is 5.88 Å². The number of nitrogens with zero attached hydrogens (tertiary/aromatic N) is 6. The van der Waals surface area contributed by atoms with E-state index in [0.29, 0.717) is 29.9 Å². The van der Waals surface area contributed by atoms with E-state index in [2.05, 4.69) is 30.9 Å². The molecule has 0 radical (unpaired) electrons. The molecule has 3 heterocycles. The average molecular weight is 372 g/mol. The zero-order valence-electron chi connectivity index (χ0n) is 15.4. The van der Waals surface area contributed by atoms with Gasteiger partial charge in [-0.15, -0.1) is 0 Å². The van der Waals surface area contributed by atoms with Gasteiger partial charge in [0.25, 0.3) is 0 Å². The first kappa shape index (κ1) is 17.9. The minimum Gasteiger partial charge on any atom is -0.477 e. The van der Waals surface area contributed by atoms with Crippen molar-refractivity contribution in [1.29, 1.82) is 5.26 Å². The van der Waals surface area contributed by atoms with Crippen LogP contribution in [0.3, 0.4) is 0 Å². The van der Waals surface area contributed by atoms with Gasteiger partial charge in [-0.3, -0.25) is 0 Å². The third-order valence-corrected chi connectivity index (χ3v) is 4.88. The lowest BCUT2D eigenvalue weighted by molar-refractivity contribution is 0.215. The summed E-state index contributed by atoms with van der Waals surface area (Å²) in [5, 5.41) is 9.20. The Hall–Kier alpha value is -3.53. The Morgan fingerprint density at radius 1 is 1.04 bits per heavy atom. The molecule has 0 unspecified atom stereocenters. The van der Waals surface area contributed by atoms with Crippen LogP contribution in [0.2, 0.25) is 0 Å². The van der Waals surface area contributed by atoms with Gasteiger partial charge in [0.1, 0.15) is 12.4 Å². The van der Waals surface area contributed by atoms with Gasteiger partial charge in [-0.25, -0.2) is 19.9 Å². The highest BCUT2D eigenvalue weighted by Crippen LogP contribution is 2.25. The molecule has 0 amide bonds. The second-order valence-corrected chi connectivity index (χ2v) is 6.69. The zero-order valence-corrected chi connectivity index (χ0v) is 15.4. The number of hydrogen-bond acceptors (Lipinski definition) is 7. The highest BCUT2D eigenvalue weighted by atomic mass is 16.5. The molecular formula is C21H20N6O. The van der Waals surface area contributed by atoms with Gasteiger partial charge in [0, 0.05) is 37.1 Å². The molecule has 0 bridgehead atoms. The summed E-state index contributed by atoms with van der Waals surface area (Å²) in [7, 11) is 0. The predicted octanol–water partition coefficient (Wildman–Crippen LogP) is 3.10. The van der Waals surface area contributed by atoms with E-state index in [1.165, 1.54) is 6.33 Å². The van der Waals surface area contributed by atoms with Crippen molar-refractivity contribution < 1.29 is 4.74 Å². The molecule has 7 heteroatoms. The van der Waals surface area contributed by atoms with E-state index < -0.39 is 0 Å². The van der Waals surface area contributed by atoms with Crippen LogP contribution in [-0.2, 0) is 0 Å². The van der Waals surface area contributed by atoms with Crippen LogP contribution in [0.4, 0.5) is 5.82 Å². The Morgan fingerprint density at radius 3 is 2.61 bits per heavy atom. The number of aromatic nitrogens is 4. The van der Waals surface area contributed by atoms with Crippen LogP contribution in [0.25, 0.3) is 11.3 Å². The van der Waals surface area contributed by atoms with Gasteiger partial charge < -0.3 is 9.64 Å². The summed E-state index contributed by atoms with van der Waals surface area (Å²) in [5.74, 6) is 1.71. The molecule has 0 atom stereocenters. The monoisotopic (exact) mass is 372 g/mol. The molecule has 1 aromatic carbocycles. The van der Waals surface area contributed by atoms with E-state index >= 15 is 0 Å². The number of ether oxygens (including phenoxy) is 1. The quantitative estimate of drug-likeness (QED) is 0.680. The highest BCUT2D eigenvalue weighted by Gasteiger charge is 2.23. The average Bonchev–Trinajstić information content (AvgIpc) is 2.79. The van der Waals surface area contributed by atoms with Crippen LogP contribution in [0.1, 0.15) is 18.5 Å². The first-order chi connectivity index (χ1) is 13.8. The number of anilines is 1. The molecule has 3 aromatic rings. The molecule has 0 saturated carbocycles. The third-order valence-electron chi connectivity index (χ3n) is 4.88. The Balaban J connectivity index is 1.33. The Morgan fingerprint density at radius 2 is 1.82 bits per heavy atom. The van der Waals surface area contributed by atoms with E-state index in [1.54, 1.807) is 12.4 Å². The molecule has 0 aliphatic carbocycles. The van der Waals surface area contributed by atoms with Crippen molar-refractivity contribution in [3.8, 4) is 23.2 Å². The van der Waals surface area contributed by atoms with Crippen molar-refractivity contribution in [2.45, 2.75) is 12.8 Å². The number of hydrogen-bond donors (Lipinski definition) is 0. The van der Waals surface area contributed by atoms with E-state index in [9.17, 15) is 5.26 Å². The van der Waals surface area contributed by atoms with Crippen LogP contribution in [-0.4, -0.2) is 39.6 Å². The molecule has 1 aliphatic heterocycles. The second kappa shape index (κ2) is 8.44. The summed E-state index contributed by atoms with van der Waals surface area (Å²) in [4.78, 5) is 19.1. The van der Waals surface area contributed by atoms with Crippen LogP contribution < -0.4 is 9.64 Å².